The Bertz CT molecular complexity index is 1210. The maximum atomic E-state index is 11.4. The Morgan fingerprint density at radius 3 is 2.88 bits per heavy atom. The van der Waals surface area contributed by atoms with Gasteiger partial charge in [-0.05, 0) is 49.7 Å². The molecule has 1 aliphatic heterocycles. The third kappa shape index (κ3) is 6.25. The first-order chi connectivity index (χ1) is 16.5. The number of ether oxygens (including phenoxy) is 2. The van der Waals surface area contributed by atoms with Crippen molar-refractivity contribution in [2.75, 3.05) is 12.4 Å². The Hall–Kier alpha value is -3.15. The van der Waals surface area contributed by atoms with Crippen molar-refractivity contribution in [1.82, 2.24) is 19.7 Å². The van der Waals surface area contributed by atoms with Crippen LogP contribution in [0.25, 0.3) is 5.69 Å². The fraction of sp³-hybridized carbons (Fsp3) is 0.385. The van der Waals surface area contributed by atoms with Crippen LogP contribution in [0.3, 0.4) is 0 Å². The van der Waals surface area contributed by atoms with Crippen LogP contribution >= 0.6 is 11.8 Å². The van der Waals surface area contributed by atoms with E-state index in [0.29, 0.717) is 25.1 Å². The van der Waals surface area contributed by atoms with E-state index < -0.39 is 0 Å². The van der Waals surface area contributed by atoms with Gasteiger partial charge >= 0.3 is 0 Å². The number of epoxide rings is 1. The molecule has 3 aromatic rings. The molecule has 0 aliphatic carbocycles. The molecule has 1 aliphatic rings. The summed E-state index contributed by atoms with van der Waals surface area (Å²) in [5.74, 6) is 8.72. The van der Waals surface area contributed by atoms with Gasteiger partial charge in [-0.2, -0.15) is 0 Å². The van der Waals surface area contributed by atoms with Crippen LogP contribution in [0.1, 0.15) is 50.1 Å². The Balaban J connectivity index is 1.45. The van der Waals surface area contributed by atoms with Crippen molar-refractivity contribution in [2.45, 2.75) is 57.4 Å². The highest BCUT2D eigenvalue weighted by atomic mass is 32.2. The second-order valence-corrected chi connectivity index (χ2v) is 9.37. The fourth-order valence-corrected chi connectivity index (χ4v) is 4.25. The zero-order valence-corrected chi connectivity index (χ0v) is 20.5. The van der Waals surface area contributed by atoms with Gasteiger partial charge in [0.2, 0.25) is 0 Å². The van der Waals surface area contributed by atoms with Crippen molar-refractivity contribution in [3.05, 3.63) is 59.7 Å². The van der Waals surface area contributed by atoms with Crippen LogP contribution in [0.15, 0.2) is 47.9 Å². The van der Waals surface area contributed by atoms with E-state index in [1.54, 1.807) is 24.2 Å². The number of carbonyl (C=O) groups excluding carboxylic acids is 1. The normalized spacial score (nSPS) is 16.6. The van der Waals surface area contributed by atoms with Gasteiger partial charge in [0.25, 0.3) is 0 Å². The van der Waals surface area contributed by atoms with E-state index >= 15 is 0 Å². The Morgan fingerprint density at radius 2 is 2.18 bits per heavy atom. The van der Waals surface area contributed by atoms with Crippen molar-refractivity contribution in [2.24, 2.45) is 0 Å². The largest absolute Gasteiger partial charge is 0.486 e. The molecule has 1 aromatic carbocycles. The molecule has 34 heavy (non-hydrogen) atoms. The number of rotatable bonds is 10. The monoisotopic (exact) mass is 476 g/mol. The first kappa shape index (κ1) is 24.0. The van der Waals surface area contributed by atoms with E-state index in [9.17, 15) is 4.79 Å². The zero-order valence-electron chi connectivity index (χ0n) is 19.7. The number of carbonyl (C=O) groups is 1. The van der Waals surface area contributed by atoms with Gasteiger partial charge in [-0.25, -0.2) is 0 Å². The average molecular weight is 477 g/mol. The molecule has 2 aromatic heterocycles. The SMILES string of the molecule is CCC(=O)CCC#Cc1ccc(OCc2nnc(SC[C@@]3(C)CO3)n2-c2cccnc2)cc1C. The minimum atomic E-state index is -0.0826. The summed E-state index contributed by atoms with van der Waals surface area (Å²) in [6.45, 7) is 7.01. The summed E-state index contributed by atoms with van der Waals surface area (Å²) in [5.41, 5.74) is 2.76. The molecule has 1 atom stereocenters. The third-order valence-corrected chi connectivity index (χ3v) is 6.74. The Morgan fingerprint density at radius 1 is 1.32 bits per heavy atom. The summed E-state index contributed by atoms with van der Waals surface area (Å²) in [6, 6.07) is 9.68. The molecule has 0 amide bonds. The molecule has 0 unspecified atom stereocenters. The minimum absolute atomic E-state index is 0.0826. The van der Waals surface area contributed by atoms with Gasteiger partial charge in [0.05, 0.1) is 24.1 Å². The van der Waals surface area contributed by atoms with Crippen LogP contribution in [-0.4, -0.2) is 43.5 Å². The molecule has 1 fully saturated rings. The van der Waals surface area contributed by atoms with Gasteiger partial charge in [-0.1, -0.05) is 30.5 Å². The predicted octanol–water partition coefficient (Wildman–Crippen LogP) is 4.54. The van der Waals surface area contributed by atoms with Crippen molar-refractivity contribution in [3.63, 3.8) is 0 Å². The highest BCUT2D eigenvalue weighted by Crippen LogP contribution is 2.33. The lowest BCUT2D eigenvalue weighted by atomic mass is 10.1. The van der Waals surface area contributed by atoms with E-state index in [2.05, 4.69) is 33.9 Å². The molecule has 1 saturated heterocycles. The van der Waals surface area contributed by atoms with Gasteiger partial charge in [0, 0.05) is 36.8 Å². The van der Waals surface area contributed by atoms with Crippen LogP contribution < -0.4 is 4.74 Å². The van der Waals surface area contributed by atoms with E-state index in [1.807, 2.05) is 48.7 Å². The summed E-state index contributed by atoms with van der Waals surface area (Å²) in [6.07, 6.45) is 5.19. The van der Waals surface area contributed by atoms with Gasteiger partial charge in [-0.3, -0.25) is 14.3 Å². The molecule has 0 bridgehead atoms. The second-order valence-electron chi connectivity index (χ2n) is 8.43. The Labute approximate surface area is 204 Å². The average Bonchev–Trinajstić information content (AvgIpc) is 3.45. The summed E-state index contributed by atoms with van der Waals surface area (Å²) in [5, 5.41) is 9.57. The molecular weight excluding hydrogens is 448 g/mol. The molecule has 7 nitrogen and oxygen atoms in total. The first-order valence-electron chi connectivity index (χ1n) is 11.3. The molecule has 0 spiro atoms. The maximum Gasteiger partial charge on any atom is 0.196 e. The summed E-state index contributed by atoms with van der Waals surface area (Å²) >= 11 is 1.62. The highest BCUT2D eigenvalue weighted by Gasteiger charge is 2.39. The number of hydrogen-bond acceptors (Lipinski definition) is 7. The van der Waals surface area contributed by atoms with Crippen molar-refractivity contribution >= 4 is 17.5 Å². The van der Waals surface area contributed by atoms with Crippen molar-refractivity contribution in [1.29, 1.82) is 0 Å². The quantitative estimate of drug-likeness (QED) is 0.241. The summed E-state index contributed by atoms with van der Waals surface area (Å²) in [7, 11) is 0. The van der Waals surface area contributed by atoms with Gasteiger partial charge in [-0.15, -0.1) is 10.2 Å². The van der Waals surface area contributed by atoms with E-state index in [1.165, 1.54) is 0 Å². The number of Topliss-reactive ketones (excluding diaryl/α,β-unsaturated/α-hetero) is 1. The van der Waals surface area contributed by atoms with Crippen LogP contribution in [-0.2, 0) is 16.1 Å². The number of hydrogen-bond donors (Lipinski definition) is 0. The highest BCUT2D eigenvalue weighted by molar-refractivity contribution is 7.99. The zero-order chi connectivity index (χ0) is 24.0. The molecule has 0 radical (unpaired) electrons. The van der Waals surface area contributed by atoms with E-state index in [4.69, 9.17) is 9.47 Å². The lowest BCUT2D eigenvalue weighted by Crippen LogP contribution is -2.10. The number of nitrogens with zero attached hydrogens (tertiary/aromatic N) is 4. The minimum Gasteiger partial charge on any atom is -0.486 e. The molecule has 0 saturated carbocycles. The standard InChI is InChI=1S/C26H28N4O3S/c1-4-22(31)10-6-5-8-20-11-12-23(14-19(20)2)32-16-24-28-29-25(34-18-26(3)17-33-26)30(24)21-9-7-13-27-15-21/h7,9,11-15H,4,6,10,16-18H2,1-3H3/t26-/m1/s1. The van der Waals surface area contributed by atoms with E-state index in [0.717, 1.165) is 40.1 Å². The molecular formula is C26H28N4O3S. The number of aryl methyl sites for hydroxylation is 1. The lowest BCUT2D eigenvalue weighted by molar-refractivity contribution is -0.118. The number of thioether (sulfide) groups is 1. The number of aromatic nitrogens is 4. The predicted molar refractivity (Wildman–Crippen MR) is 131 cm³/mol. The molecule has 176 valence electrons. The Kier molecular flexibility index (Phi) is 7.66. The van der Waals surface area contributed by atoms with Gasteiger partial charge in [0.15, 0.2) is 11.0 Å². The number of benzene rings is 1. The van der Waals surface area contributed by atoms with Crippen molar-refractivity contribution < 1.29 is 14.3 Å². The summed E-state index contributed by atoms with van der Waals surface area (Å²) in [4.78, 5) is 15.7. The smallest absolute Gasteiger partial charge is 0.196 e. The van der Waals surface area contributed by atoms with Gasteiger partial charge < -0.3 is 9.47 Å². The molecule has 3 heterocycles. The summed E-state index contributed by atoms with van der Waals surface area (Å²) < 4.78 is 13.5. The maximum absolute atomic E-state index is 11.4. The first-order valence-corrected chi connectivity index (χ1v) is 12.3. The van der Waals surface area contributed by atoms with Crippen molar-refractivity contribution in [3.8, 4) is 23.3 Å². The van der Waals surface area contributed by atoms with Gasteiger partial charge in [0.1, 0.15) is 18.1 Å². The molecule has 0 N–H and O–H groups in total. The van der Waals surface area contributed by atoms with Crippen LogP contribution in [0.4, 0.5) is 0 Å². The molecule has 8 heteroatoms. The van der Waals surface area contributed by atoms with E-state index in [-0.39, 0.29) is 18.0 Å². The third-order valence-electron chi connectivity index (χ3n) is 5.46. The lowest BCUT2D eigenvalue weighted by Gasteiger charge is -2.12. The van der Waals surface area contributed by atoms with Crippen LogP contribution in [0, 0.1) is 18.8 Å². The molecule has 4 rings (SSSR count). The fourth-order valence-electron chi connectivity index (χ4n) is 3.21. The van der Waals surface area contributed by atoms with Crippen LogP contribution in [0.5, 0.6) is 5.75 Å². The number of ketones is 1. The topological polar surface area (TPSA) is 82.4 Å². The second kappa shape index (κ2) is 10.9. The number of pyridine rings is 1. The van der Waals surface area contributed by atoms with Crippen LogP contribution in [0.2, 0.25) is 0 Å².